The Morgan fingerprint density at radius 2 is 2.00 bits per heavy atom. The monoisotopic (exact) mass is 456 g/mol. The fourth-order valence-corrected chi connectivity index (χ4v) is 5.99. The molecule has 3 aliphatic rings. The van der Waals surface area contributed by atoms with Gasteiger partial charge in [0.25, 0.3) is 0 Å². The zero-order valence-electron chi connectivity index (χ0n) is 19.3. The van der Waals surface area contributed by atoms with E-state index in [1.165, 1.54) is 4.90 Å². The van der Waals surface area contributed by atoms with Crippen molar-refractivity contribution in [1.82, 2.24) is 9.80 Å². The van der Waals surface area contributed by atoms with E-state index in [1.54, 1.807) is 35.2 Å². The number of carbonyl (C=O) groups excluding carboxylic acids is 2. The Kier molecular flexibility index (Phi) is 5.87. The average molecular weight is 457 g/mol. The fourth-order valence-electron chi connectivity index (χ4n) is 5.99. The number of carboxylic acids is 1. The smallest absolute Gasteiger partial charge is 0.310 e. The third kappa shape index (κ3) is 3.47. The summed E-state index contributed by atoms with van der Waals surface area (Å²) in [7, 11) is 0. The van der Waals surface area contributed by atoms with E-state index in [1.807, 2.05) is 26.8 Å². The van der Waals surface area contributed by atoms with Crippen LogP contribution in [0, 0.1) is 11.8 Å². The first kappa shape index (κ1) is 23.4. The van der Waals surface area contributed by atoms with Gasteiger partial charge in [-0.05, 0) is 39.2 Å². The van der Waals surface area contributed by atoms with Crippen molar-refractivity contribution in [2.24, 2.45) is 11.8 Å². The van der Waals surface area contributed by atoms with Crippen molar-refractivity contribution in [3.63, 3.8) is 0 Å². The van der Waals surface area contributed by atoms with Gasteiger partial charge < -0.3 is 24.7 Å². The van der Waals surface area contributed by atoms with Gasteiger partial charge in [-0.3, -0.25) is 14.4 Å². The summed E-state index contributed by atoms with van der Waals surface area (Å²) in [6, 6.07) is 7.18. The first-order valence-electron chi connectivity index (χ1n) is 11.4. The third-order valence-electron chi connectivity index (χ3n) is 7.34. The highest BCUT2D eigenvalue weighted by molar-refractivity contribution is 5.98. The topological polar surface area (TPSA) is 107 Å². The van der Waals surface area contributed by atoms with E-state index in [9.17, 15) is 24.6 Å². The Morgan fingerprint density at radius 1 is 1.33 bits per heavy atom. The molecule has 33 heavy (non-hydrogen) atoms. The van der Waals surface area contributed by atoms with Gasteiger partial charge in [0.2, 0.25) is 11.8 Å². The Morgan fingerprint density at radius 3 is 2.55 bits per heavy atom. The lowest BCUT2D eigenvalue weighted by molar-refractivity contribution is -0.155. The minimum absolute atomic E-state index is 0.266. The summed E-state index contributed by atoms with van der Waals surface area (Å²) >= 11 is 0. The van der Waals surface area contributed by atoms with E-state index >= 15 is 0 Å². The average Bonchev–Trinajstić information content (AvgIpc) is 3.40. The van der Waals surface area contributed by atoms with Gasteiger partial charge in [0.1, 0.15) is 11.6 Å². The zero-order chi connectivity index (χ0) is 24.1. The lowest BCUT2D eigenvalue weighted by atomic mass is 9.70. The number of hydrogen-bond acceptors (Lipinski definition) is 5. The van der Waals surface area contributed by atoms with Crippen LogP contribution in [-0.4, -0.2) is 74.2 Å². The van der Waals surface area contributed by atoms with Crippen LogP contribution in [0.2, 0.25) is 0 Å². The Bertz CT molecular complexity index is 957. The number of likely N-dealkylation sites (tertiary alicyclic amines) is 1. The SMILES string of the molecule is C=CCN(C(=O)C1N([C@H](CO)c2ccccc2)C(=O)[C@@H]2[C@@H](C(=O)O)[C@H]3CCC12O3)C(C)(C)C. The molecule has 8 nitrogen and oxygen atoms in total. The summed E-state index contributed by atoms with van der Waals surface area (Å²) in [6.07, 6.45) is 1.93. The minimum Gasteiger partial charge on any atom is -0.481 e. The second-order valence-electron chi connectivity index (χ2n) is 10.2. The lowest BCUT2D eigenvalue weighted by Gasteiger charge is -2.43. The molecular formula is C25H32N2O6. The minimum atomic E-state index is -1.23. The van der Waals surface area contributed by atoms with Crippen molar-refractivity contribution in [1.29, 1.82) is 0 Å². The molecular weight excluding hydrogens is 424 g/mol. The highest BCUT2D eigenvalue weighted by Crippen LogP contribution is 2.60. The second kappa shape index (κ2) is 8.25. The van der Waals surface area contributed by atoms with Crippen LogP contribution in [0.4, 0.5) is 0 Å². The molecule has 3 fully saturated rings. The van der Waals surface area contributed by atoms with Crippen molar-refractivity contribution in [3.05, 3.63) is 48.6 Å². The largest absolute Gasteiger partial charge is 0.481 e. The van der Waals surface area contributed by atoms with Crippen molar-refractivity contribution in [2.75, 3.05) is 13.2 Å². The fraction of sp³-hybridized carbons (Fsp3) is 0.560. The number of fused-ring (bicyclic) bond motifs is 1. The van der Waals surface area contributed by atoms with E-state index in [0.717, 1.165) is 0 Å². The van der Waals surface area contributed by atoms with Crippen LogP contribution in [0.5, 0.6) is 0 Å². The number of carbonyl (C=O) groups is 3. The first-order chi connectivity index (χ1) is 15.6. The molecule has 4 rings (SSSR count). The van der Waals surface area contributed by atoms with E-state index in [-0.39, 0.29) is 12.5 Å². The number of ether oxygens (including phenoxy) is 1. The number of benzene rings is 1. The van der Waals surface area contributed by atoms with Gasteiger partial charge in [-0.25, -0.2) is 0 Å². The molecule has 6 atom stereocenters. The van der Waals surface area contributed by atoms with E-state index in [4.69, 9.17) is 4.74 Å². The molecule has 0 radical (unpaired) electrons. The quantitative estimate of drug-likeness (QED) is 0.608. The van der Waals surface area contributed by atoms with Gasteiger partial charge in [0, 0.05) is 12.1 Å². The highest BCUT2D eigenvalue weighted by Gasteiger charge is 2.75. The van der Waals surface area contributed by atoms with Gasteiger partial charge in [-0.15, -0.1) is 6.58 Å². The van der Waals surface area contributed by atoms with Crippen LogP contribution >= 0.6 is 0 Å². The van der Waals surface area contributed by atoms with Gasteiger partial charge in [0.15, 0.2) is 0 Å². The van der Waals surface area contributed by atoms with E-state index in [0.29, 0.717) is 18.4 Å². The summed E-state index contributed by atoms with van der Waals surface area (Å²) < 4.78 is 6.27. The number of carboxylic acid groups (broad SMARTS) is 1. The predicted molar refractivity (Wildman–Crippen MR) is 120 cm³/mol. The molecule has 2 amide bonds. The molecule has 3 saturated heterocycles. The Balaban J connectivity index is 1.87. The zero-order valence-corrected chi connectivity index (χ0v) is 19.3. The number of nitrogens with zero attached hydrogens (tertiary/aromatic N) is 2. The molecule has 0 aliphatic carbocycles. The maximum atomic E-state index is 14.2. The molecule has 0 saturated carbocycles. The van der Waals surface area contributed by atoms with Crippen LogP contribution in [0.3, 0.4) is 0 Å². The van der Waals surface area contributed by atoms with E-state index in [2.05, 4.69) is 6.58 Å². The van der Waals surface area contributed by atoms with Crippen LogP contribution in [-0.2, 0) is 19.1 Å². The molecule has 1 aromatic carbocycles. The molecule has 2 unspecified atom stereocenters. The Hall–Kier alpha value is -2.71. The number of amides is 2. The summed E-state index contributed by atoms with van der Waals surface area (Å²) in [5.41, 5.74) is -1.12. The summed E-state index contributed by atoms with van der Waals surface area (Å²) in [5.74, 6) is -3.83. The molecule has 1 aromatic rings. The molecule has 2 N–H and O–H groups in total. The molecule has 3 heterocycles. The number of rotatable bonds is 7. The first-order valence-corrected chi connectivity index (χ1v) is 11.4. The van der Waals surface area contributed by atoms with Crippen LogP contribution < -0.4 is 0 Å². The maximum Gasteiger partial charge on any atom is 0.310 e. The van der Waals surface area contributed by atoms with Crippen LogP contribution in [0.1, 0.15) is 45.2 Å². The lowest BCUT2D eigenvalue weighted by Crippen LogP contribution is -2.60. The maximum absolute atomic E-state index is 14.2. The van der Waals surface area contributed by atoms with Gasteiger partial charge >= 0.3 is 5.97 Å². The number of aliphatic carboxylic acids is 1. The molecule has 1 spiro atoms. The van der Waals surface area contributed by atoms with Gasteiger partial charge in [0.05, 0.1) is 30.6 Å². The van der Waals surface area contributed by atoms with Gasteiger partial charge in [-0.1, -0.05) is 36.4 Å². The molecule has 2 bridgehead atoms. The Labute approximate surface area is 193 Å². The summed E-state index contributed by atoms with van der Waals surface area (Å²) in [5, 5.41) is 20.3. The third-order valence-corrected chi connectivity index (χ3v) is 7.34. The molecule has 0 aromatic heterocycles. The van der Waals surface area contributed by atoms with Crippen LogP contribution in [0.15, 0.2) is 43.0 Å². The van der Waals surface area contributed by atoms with Crippen molar-refractivity contribution < 1.29 is 29.3 Å². The molecule has 8 heteroatoms. The normalized spacial score (nSPS) is 31.4. The van der Waals surface area contributed by atoms with Crippen molar-refractivity contribution in [2.45, 2.75) is 62.9 Å². The van der Waals surface area contributed by atoms with Crippen molar-refractivity contribution >= 4 is 17.8 Å². The summed E-state index contributed by atoms with van der Waals surface area (Å²) in [4.78, 5) is 43.3. The molecule has 178 valence electrons. The highest BCUT2D eigenvalue weighted by atomic mass is 16.5. The summed E-state index contributed by atoms with van der Waals surface area (Å²) in [6.45, 7) is 9.35. The van der Waals surface area contributed by atoms with Crippen LogP contribution in [0.25, 0.3) is 0 Å². The van der Waals surface area contributed by atoms with Gasteiger partial charge in [-0.2, -0.15) is 0 Å². The number of aliphatic hydroxyl groups excluding tert-OH is 1. The van der Waals surface area contributed by atoms with E-state index < -0.39 is 59.6 Å². The number of aliphatic hydroxyl groups is 1. The molecule has 3 aliphatic heterocycles. The predicted octanol–water partition coefficient (Wildman–Crippen LogP) is 1.99. The second-order valence-corrected chi connectivity index (χ2v) is 10.2. The van der Waals surface area contributed by atoms with Crippen molar-refractivity contribution in [3.8, 4) is 0 Å². The number of hydrogen-bond donors (Lipinski definition) is 2. The standard InChI is InChI=1S/C25H32N2O6/c1-5-13-26(24(2,3)4)22(30)20-25-12-11-17(33-25)18(23(31)32)19(25)21(29)27(20)16(14-28)15-9-7-6-8-10-15/h5-10,16-20,28H,1,11-14H2,2-4H3,(H,31,32)/t16-,17-,18+,19+,20?,25?/m1/s1.